The number of rotatable bonds is 13. The Bertz CT molecular complexity index is 181. The molecule has 0 saturated heterocycles. The van der Waals surface area contributed by atoms with E-state index in [0.29, 0.717) is 0 Å². The van der Waals surface area contributed by atoms with Gasteiger partial charge in [0.25, 0.3) is 0 Å². The van der Waals surface area contributed by atoms with Crippen molar-refractivity contribution >= 4 is 0 Å². The van der Waals surface area contributed by atoms with Gasteiger partial charge >= 0.3 is 0 Å². The molecule has 0 spiro atoms. The molecule has 0 aliphatic heterocycles. The van der Waals surface area contributed by atoms with Crippen LogP contribution in [0.25, 0.3) is 0 Å². The molecule has 0 unspecified atom stereocenters. The van der Waals surface area contributed by atoms with Crippen molar-refractivity contribution in [3.05, 3.63) is 0 Å². The summed E-state index contributed by atoms with van der Waals surface area (Å²) in [6.45, 7) is 3.41. The van der Waals surface area contributed by atoms with Gasteiger partial charge < -0.3 is 22.7 Å². The first kappa shape index (κ1) is 31.8. The third-order valence-electron chi connectivity index (χ3n) is 3.35. The van der Waals surface area contributed by atoms with E-state index >= 15 is 0 Å². The summed E-state index contributed by atoms with van der Waals surface area (Å²) in [4.78, 5) is 0. The summed E-state index contributed by atoms with van der Waals surface area (Å²) in [5.74, 6) is 0. The molecule has 3 N–H and O–H groups in total. The van der Waals surface area contributed by atoms with Crippen LogP contribution in [0.15, 0.2) is 0 Å². The van der Waals surface area contributed by atoms with Crippen molar-refractivity contribution in [2.24, 2.45) is 0 Å². The van der Waals surface area contributed by atoms with Gasteiger partial charge in [0.15, 0.2) is 0 Å². The number of hydrogen-bond donors (Lipinski definition) is 1. The molecule has 0 rings (SSSR count). The minimum Gasteiger partial charge on any atom is -1.00 e. The Hall–Kier alpha value is 1.08. The molecule has 0 aliphatic rings. The van der Waals surface area contributed by atoms with Crippen LogP contribution in [0.4, 0.5) is 0 Å². The Kier molecular flexibility index (Phi) is 35.0. The van der Waals surface area contributed by atoms with Gasteiger partial charge in [-0.1, -0.05) is 77.6 Å². The van der Waals surface area contributed by atoms with Gasteiger partial charge in [0.1, 0.15) is 0 Å². The monoisotopic (exact) mass is 465 g/mol. The van der Waals surface area contributed by atoms with E-state index in [4.69, 9.17) is 18.6 Å². The van der Waals surface area contributed by atoms with Gasteiger partial charge in [-0.2, -0.15) is 0 Å². The first-order valence-electron chi connectivity index (χ1n) is 8.32. The van der Waals surface area contributed by atoms with Crippen molar-refractivity contribution in [1.82, 2.24) is 0 Å². The maximum Gasteiger partial charge on any atom is 0.0739 e. The van der Waals surface area contributed by atoms with E-state index in [1.807, 2.05) is 0 Å². The second-order valence-electron chi connectivity index (χ2n) is 5.47. The van der Waals surface area contributed by atoms with Crippen molar-refractivity contribution < 1.29 is 68.4 Å². The molecule has 0 amide bonds. The topological polar surface area (TPSA) is 120 Å². The van der Waals surface area contributed by atoms with Crippen LogP contribution in [0.5, 0.6) is 0 Å². The van der Waals surface area contributed by atoms with Crippen LogP contribution in [0.3, 0.4) is 0 Å². The predicted molar refractivity (Wildman–Crippen MR) is 73.5 cm³/mol. The second kappa shape index (κ2) is 25.3. The summed E-state index contributed by atoms with van der Waals surface area (Å²) in [5, 5.41) is 0. The van der Waals surface area contributed by atoms with E-state index in [1.165, 1.54) is 83.5 Å². The molecule has 0 aromatic rings. The molecular formula is C15H34BrClCoNO4-. The molecule has 0 bridgehead atoms. The van der Waals surface area contributed by atoms with E-state index in [2.05, 4.69) is 12.7 Å². The molecule has 1 radical (unpaired) electrons. The summed E-state index contributed by atoms with van der Waals surface area (Å²) in [5.41, 5.74) is 3.87. The van der Waals surface area contributed by atoms with Gasteiger partial charge in [-0.3, -0.25) is 0 Å². The molecule has 0 aromatic carbocycles. The molecule has 23 heavy (non-hydrogen) atoms. The Morgan fingerprint density at radius 1 is 0.609 bits per heavy atom. The Morgan fingerprint density at radius 3 is 1.04 bits per heavy atom. The van der Waals surface area contributed by atoms with Crippen molar-refractivity contribution in [3.63, 3.8) is 0 Å². The van der Waals surface area contributed by atoms with Crippen molar-refractivity contribution in [1.29, 1.82) is 0 Å². The van der Waals surface area contributed by atoms with E-state index in [9.17, 15) is 0 Å². The molecule has 0 saturated carbocycles. The minimum atomic E-state index is -4.94. The third kappa shape index (κ3) is 51.7. The quantitative estimate of drug-likeness (QED) is 0.284. The van der Waals surface area contributed by atoms with Crippen molar-refractivity contribution in [2.45, 2.75) is 90.4 Å². The van der Waals surface area contributed by atoms with E-state index in [-0.39, 0.29) is 33.8 Å². The fourth-order valence-corrected chi connectivity index (χ4v) is 2.19. The standard InChI is InChI=1S/C15H33N.BrH.ClHO4.Co/c1-2-3-4-5-6-7-8-9-10-11-12-13-14-15-16;;2-1(3,4)5;/h2-16H2,1H3;1H;(H,2,3,4,5);/p-1. The van der Waals surface area contributed by atoms with E-state index in [1.54, 1.807) is 0 Å². The van der Waals surface area contributed by atoms with Crippen molar-refractivity contribution in [2.75, 3.05) is 6.54 Å². The van der Waals surface area contributed by atoms with Gasteiger partial charge in [0, 0.05) is 16.8 Å². The second-order valence-corrected chi connectivity index (χ2v) is 6.23. The Labute approximate surface area is 165 Å². The van der Waals surface area contributed by atoms with Crippen LogP contribution in [-0.2, 0) is 16.8 Å². The third-order valence-corrected chi connectivity index (χ3v) is 3.35. The van der Waals surface area contributed by atoms with Gasteiger partial charge in [-0.15, -0.1) is 10.2 Å². The summed E-state index contributed by atoms with van der Waals surface area (Å²) < 4.78 is 34.0. The van der Waals surface area contributed by atoms with Gasteiger partial charge in [-0.25, -0.2) is 18.6 Å². The fourth-order valence-electron chi connectivity index (χ4n) is 2.19. The van der Waals surface area contributed by atoms with Gasteiger partial charge in [0.05, 0.1) is 6.54 Å². The largest absolute Gasteiger partial charge is 1.00 e. The molecule has 8 heteroatoms. The molecule has 0 heterocycles. The average Bonchev–Trinajstić information content (AvgIpc) is 2.38. The zero-order chi connectivity index (χ0) is 16.4. The number of quaternary nitrogens is 1. The molecule has 0 aliphatic carbocycles. The first-order chi connectivity index (χ1) is 9.91. The summed E-state index contributed by atoms with van der Waals surface area (Å²) in [6.07, 6.45) is 18.7. The Balaban J connectivity index is -0.000000225. The number of unbranched alkanes of at least 4 members (excludes halogenated alkanes) is 12. The van der Waals surface area contributed by atoms with Crippen LogP contribution in [-0.4, -0.2) is 6.54 Å². The van der Waals surface area contributed by atoms with E-state index < -0.39 is 10.2 Å². The fraction of sp³-hybridized carbons (Fsp3) is 1.00. The maximum atomic E-state index is 8.49. The molecule has 5 nitrogen and oxygen atoms in total. The van der Waals surface area contributed by atoms with Crippen LogP contribution in [0.1, 0.15) is 90.4 Å². The zero-order valence-electron chi connectivity index (χ0n) is 14.3. The van der Waals surface area contributed by atoms with Crippen LogP contribution >= 0.6 is 0 Å². The van der Waals surface area contributed by atoms with Crippen LogP contribution in [0, 0.1) is 10.2 Å². The van der Waals surface area contributed by atoms with Crippen molar-refractivity contribution in [3.8, 4) is 0 Å². The molecule has 0 aromatic heterocycles. The zero-order valence-corrected chi connectivity index (χ0v) is 17.7. The molecule has 147 valence electrons. The normalized spacial score (nSPS) is 10.2. The van der Waals surface area contributed by atoms with Gasteiger partial charge in [0.2, 0.25) is 0 Å². The average molecular weight is 467 g/mol. The minimum absolute atomic E-state index is 0. The number of halogens is 2. The predicted octanol–water partition coefficient (Wildman–Crippen LogP) is -3.43. The van der Waals surface area contributed by atoms with Crippen LogP contribution in [0.2, 0.25) is 0 Å². The maximum absolute atomic E-state index is 8.49. The Morgan fingerprint density at radius 2 is 0.826 bits per heavy atom. The SMILES string of the molecule is CCCCCCCCCCCCCCC[NH3+].[Br-].[Co].[O-][Cl+3]([O-])([O-])[O-]. The molecule has 0 fully saturated rings. The van der Waals surface area contributed by atoms with Crippen LogP contribution < -0.4 is 41.4 Å². The summed E-state index contributed by atoms with van der Waals surface area (Å²) in [6, 6.07) is 0. The van der Waals surface area contributed by atoms with Gasteiger partial charge in [-0.05, 0) is 12.8 Å². The smallest absolute Gasteiger partial charge is 0.0739 e. The first-order valence-corrected chi connectivity index (χ1v) is 9.56. The summed E-state index contributed by atoms with van der Waals surface area (Å²) >= 11 is 0. The molecular weight excluding hydrogens is 432 g/mol. The van der Waals surface area contributed by atoms with E-state index in [0.717, 1.165) is 6.54 Å². The summed E-state index contributed by atoms with van der Waals surface area (Å²) in [7, 11) is -4.94. The molecule has 0 atom stereocenters. The number of hydrogen-bond acceptors (Lipinski definition) is 4.